The van der Waals surface area contributed by atoms with E-state index < -0.39 is 5.82 Å². The minimum Gasteiger partial charge on any atom is -0.377 e. The van der Waals surface area contributed by atoms with Crippen molar-refractivity contribution in [1.82, 2.24) is 4.98 Å². The molecule has 0 saturated heterocycles. The van der Waals surface area contributed by atoms with E-state index in [1.54, 1.807) is 18.3 Å². The first kappa shape index (κ1) is 11.1. The summed E-state index contributed by atoms with van der Waals surface area (Å²) in [5.74, 6) is -0.431. The second-order valence-corrected chi connectivity index (χ2v) is 3.48. The first-order valence-electron chi connectivity index (χ1n) is 5.13. The van der Waals surface area contributed by atoms with Crippen LogP contribution < -0.4 is 5.32 Å². The van der Waals surface area contributed by atoms with E-state index in [1.807, 2.05) is 24.3 Å². The number of nitrogens with one attached hydrogen (secondary N) is 1. The fourth-order valence-corrected chi connectivity index (χ4v) is 1.42. The fourth-order valence-electron chi connectivity index (χ4n) is 1.42. The van der Waals surface area contributed by atoms with E-state index in [2.05, 4.69) is 10.3 Å². The normalized spacial score (nSPS) is 9.65. The van der Waals surface area contributed by atoms with Crippen LogP contribution in [0.4, 0.5) is 10.1 Å². The third-order valence-corrected chi connectivity index (χ3v) is 2.28. The van der Waals surface area contributed by atoms with E-state index in [1.165, 1.54) is 6.07 Å². The van der Waals surface area contributed by atoms with Gasteiger partial charge in [0.25, 0.3) is 0 Å². The molecule has 0 radical (unpaired) electrons. The summed E-state index contributed by atoms with van der Waals surface area (Å²) in [6.07, 6.45) is 1.69. The monoisotopic (exact) mass is 227 g/mol. The van der Waals surface area contributed by atoms with E-state index in [0.717, 1.165) is 5.69 Å². The van der Waals surface area contributed by atoms with Crippen LogP contribution in [-0.2, 0) is 6.54 Å². The lowest BCUT2D eigenvalue weighted by molar-refractivity contribution is 0.629. The van der Waals surface area contributed by atoms with Crippen LogP contribution in [-0.4, -0.2) is 4.98 Å². The van der Waals surface area contributed by atoms with Crippen LogP contribution in [0.1, 0.15) is 11.3 Å². The van der Waals surface area contributed by atoms with Crippen LogP contribution in [0.5, 0.6) is 0 Å². The van der Waals surface area contributed by atoms with Crippen molar-refractivity contribution in [2.45, 2.75) is 6.54 Å². The highest BCUT2D eigenvalue weighted by Gasteiger charge is 2.03. The van der Waals surface area contributed by atoms with Crippen molar-refractivity contribution in [1.29, 1.82) is 5.26 Å². The van der Waals surface area contributed by atoms with E-state index in [9.17, 15) is 4.39 Å². The highest BCUT2D eigenvalue weighted by molar-refractivity contribution is 5.48. The van der Waals surface area contributed by atoms with Gasteiger partial charge in [-0.1, -0.05) is 6.07 Å². The number of anilines is 1. The van der Waals surface area contributed by atoms with Crippen LogP contribution in [0.15, 0.2) is 42.6 Å². The molecule has 0 unspecified atom stereocenters. The summed E-state index contributed by atoms with van der Waals surface area (Å²) in [4.78, 5) is 4.12. The molecule has 84 valence electrons. The smallest absolute Gasteiger partial charge is 0.147 e. The minimum absolute atomic E-state index is 0.311. The van der Waals surface area contributed by atoms with Crippen molar-refractivity contribution in [3.63, 3.8) is 0 Å². The van der Waals surface area contributed by atoms with Crippen LogP contribution in [0, 0.1) is 17.1 Å². The molecular weight excluding hydrogens is 217 g/mol. The van der Waals surface area contributed by atoms with Crippen molar-refractivity contribution in [2.24, 2.45) is 0 Å². The molecule has 3 nitrogen and oxygen atoms in total. The maximum Gasteiger partial charge on any atom is 0.147 e. The van der Waals surface area contributed by atoms with Crippen molar-refractivity contribution in [3.05, 3.63) is 59.7 Å². The average molecular weight is 227 g/mol. The minimum atomic E-state index is -0.431. The van der Waals surface area contributed by atoms with E-state index in [0.29, 0.717) is 17.8 Å². The molecule has 0 bridgehead atoms. The Morgan fingerprint density at radius 1 is 1.29 bits per heavy atom. The molecule has 2 aromatic rings. The number of halogens is 1. The fraction of sp³-hybridized carbons (Fsp3) is 0.0769. The van der Waals surface area contributed by atoms with E-state index >= 15 is 0 Å². The number of nitrogens with zero attached hydrogens (tertiary/aromatic N) is 2. The predicted molar refractivity (Wildman–Crippen MR) is 62.7 cm³/mol. The summed E-state index contributed by atoms with van der Waals surface area (Å²) < 4.78 is 13.5. The van der Waals surface area contributed by atoms with E-state index in [4.69, 9.17) is 5.26 Å². The Kier molecular flexibility index (Phi) is 3.31. The third kappa shape index (κ3) is 2.79. The lowest BCUT2D eigenvalue weighted by Gasteiger charge is -2.06. The summed E-state index contributed by atoms with van der Waals surface area (Å²) in [5.41, 5.74) is 1.51. The largest absolute Gasteiger partial charge is 0.377 e. The zero-order valence-corrected chi connectivity index (χ0v) is 9.02. The topological polar surface area (TPSA) is 48.7 Å². The van der Waals surface area contributed by atoms with Gasteiger partial charge in [0, 0.05) is 6.20 Å². The molecular formula is C13H10FN3. The number of benzene rings is 1. The summed E-state index contributed by atoms with van der Waals surface area (Å²) >= 11 is 0. The van der Waals surface area contributed by atoms with Gasteiger partial charge in [-0.2, -0.15) is 5.26 Å². The lowest BCUT2D eigenvalue weighted by Crippen LogP contribution is -2.03. The summed E-state index contributed by atoms with van der Waals surface area (Å²) in [5, 5.41) is 11.5. The van der Waals surface area contributed by atoms with Crippen LogP contribution in [0.25, 0.3) is 0 Å². The Morgan fingerprint density at radius 3 is 2.82 bits per heavy atom. The van der Waals surface area contributed by atoms with Crippen molar-refractivity contribution in [3.8, 4) is 6.07 Å². The van der Waals surface area contributed by atoms with Gasteiger partial charge >= 0.3 is 0 Å². The summed E-state index contributed by atoms with van der Waals surface area (Å²) in [6.45, 7) is 0.448. The Hall–Kier alpha value is -2.41. The number of nitriles is 1. The number of hydrogen-bond acceptors (Lipinski definition) is 3. The molecule has 2 rings (SSSR count). The first-order valence-corrected chi connectivity index (χ1v) is 5.13. The molecule has 1 heterocycles. The van der Waals surface area contributed by atoms with Gasteiger partial charge in [0.15, 0.2) is 0 Å². The van der Waals surface area contributed by atoms with Crippen LogP contribution in [0.2, 0.25) is 0 Å². The number of rotatable bonds is 3. The molecule has 1 aromatic heterocycles. The van der Waals surface area contributed by atoms with Gasteiger partial charge in [0.2, 0.25) is 0 Å². The summed E-state index contributed by atoms with van der Waals surface area (Å²) in [6, 6.07) is 11.8. The maximum absolute atomic E-state index is 13.5. The number of pyridine rings is 1. The molecule has 0 aliphatic heterocycles. The van der Waals surface area contributed by atoms with Crippen molar-refractivity contribution >= 4 is 5.69 Å². The molecule has 0 aliphatic rings. The molecule has 1 N–H and O–H groups in total. The van der Waals surface area contributed by atoms with Crippen molar-refractivity contribution < 1.29 is 4.39 Å². The standard InChI is InChI=1S/C13H10FN3/c14-12-7-10(8-15)4-5-13(12)17-9-11-3-1-2-6-16-11/h1-7,17H,9H2. The van der Waals surface area contributed by atoms with Crippen LogP contribution in [0.3, 0.4) is 0 Å². The molecule has 0 fully saturated rings. The summed E-state index contributed by atoms with van der Waals surface area (Å²) in [7, 11) is 0. The van der Waals surface area contributed by atoms with Gasteiger partial charge in [-0.3, -0.25) is 4.98 Å². The second-order valence-electron chi connectivity index (χ2n) is 3.48. The Balaban J connectivity index is 2.08. The quantitative estimate of drug-likeness (QED) is 0.877. The van der Waals surface area contributed by atoms with Gasteiger partial charge in [0.05, 0.1) is 29.6 Å². The van der Waals surface area contributed by atoms with Gasteiger partial charge in [0.1, 0.15) is 5.82 Å². The maximum atomic E-state index is 13.5. The average Bonchev–Trinajstić information content (AvgIpc) is 2.38. The van der Waals surface area contributed by atoms with Gasteiger partial charge in [-0.05, 0) is 30.3 Å². The molecule has 4 heteroatoms. The predicted octanol–water partition coefficient (Wildman–Crippen LogP) is 2.70. The number of aromatic nitrogens is 1. The van der Waals surface area contributed by atoms with Crippen LogP contribution >= 0.6 is 0 Å². The number of hydrogen-bond donors (Lipinski definition) is 1. The molecule has 0 atom stereocenters. The van der Waals surface area contributed by atoms with E-state index in [-0.39, 0.29) is 0 Å². The molecule has 0 saturated carbocycles. The molecule has 17 heavy (non-hydrogen) atoms. The molecule has 1 aromatic carbocycles. The zero-order chi connectivity index (χ0) is 12.1. The molecule has 0 spiro atoms. The van der Waals surface area contributed by atoms with Gasteiger partial charge in [-0.15, -0.1) is 0 Å². The Morgan fingerprint density at radius 2 is 2.18 bits per heavy atom. The van der Waals surface area contributed by atoms with Crippen molar-refractivity contribution in [2.75, 3.05) is 5.32 Å². The Bertz CT molecular complexity index is 546. The first-order chi connectivity index (χ1) is 8.29. The Labute approximate surface area is 98.5 Å². The highest BCUT2D eigenvalue weighted by Crippen LogP contribution is 2.15. The second kappa shape index (κ2) is 5.08. The van der Waals surface area contributed by atoms with Gasteiger partial charge in [-0.25, -0.2) is 4.39 Å². The third-order valence-electron chi connectivity index (χ3n) is 2.28. The lowest BCUT2D eigenvalue weighted by atomic mass is 10.2. The molecule has 0 aliphatic carbocycles. The SMILES string of the molecule is N#Cc1ccc(NCc2ccccn2)c(F)c1. The zero-order valence-electron chi connectivity index (χ0n) is 9.02. The molecule has 0 amide bonds. The van der Waals surface area contributed by atoms with Gasteiger partial charge < -0.3 is 5.32 Å². The highest BCUT2D eigenvalue weighted by atomic mass is 19.1.